The predicted octanol–water partition coefficient (Wildman–Crippen LogP) is 4.19. The van der Waals surface area contributed by atoms with Gasteiger partial charge in [0.15, 0.2) is 0 Å². The van der Waals surface area contributed by atoms with Crippen molar-refractivity contribution in [1.82, 2.24) is 10.3 Å². The number of hydrogen-bond acceptors (Lipinski definition) is 5. The molecule has 30 heavy (non-hydrogen) atoms. The maximum Gasteiger partial charge on any atom is 0.288 e. The van der Waals surface area contributed by atoms with Crippen LogP contribution in [0.3, 0.4) is 0 Å². The Morgan fingerprint density at radius 3 is 2.57 bits per heavy atom. The fraction of sp³-hybridized carbons (Fsp3) is 0.190. The molecule has 0 spiro atoms. The Morgan fingerprint density at radius 1 is 1.13 bits per heavy atom. The number of aromatic nitrogens is 1. The van der Waals surface area contributed by atoms with E-state index in [1.165, 1.54) is 12.1 Å². The van der Waals surface area contributed by atoms with Gasteiger partial charge in [-0.15, -0.1) is 0 Å². The summed E-state index contributed by atoms with van der Waals surface area (Å²) in [5.41, 5.74) is 0.961. The highest BCUT2D eigenvalue weighted by Crippen LogP contribution is 2.25. The van der Waals surface area contributed by atoms with Crippen molar-refractivity contribution in [3.8, 4) is 0 Å². The fourth-order valence-corrected chi connectivity index (χ4v) is 3.10. The van der Waals surface area contributed by atoms with Crippen molar-refractivity contribution in [1.29, 1.82) is 0 Å². The van der Waals surface area contributed by atoms with Gasteiger partial charge in [-0.05, 0) is 30.2 Å². The summed E-state index contributed by atoms with van der Waals surface area (Å²) in [4.78, 5) is 40.1. The van der Waals surface area contributed by atoms with Crippen molar-refractivity contribution in [3.05, 3.63) is 75.4 Å². The van der Waals surface area contributed by atoms with Gasteiger partial charge < -0.3 is 10.6 Å². The Balaban J connectivity index is 1.77. The monoisotopic (exact) mass is 426 g/mol. The highest BCUT2D eigenvalue weighted by atomic mass is 35.5. The summed E-state index contributed by atoms with van der Waals surface area (Å²) in [6.45, 7) is 3.57. The molecule has 0 aliphatic rings. The molecule has 0 bridgehead atoms. The molecule has 0 fully saturated rings. The van der Waals surface area contributed by atoms with Crippen LogP contribution in [-0.2, 0) is 4.79 Å². The van der Waals surface area contributed by atoms with Gasteiger partial charge >= 0.3 is 0 Å². The molecular formula is C21H19ClN4O4. The number of anilines is 1. The van der Waals surface area contributed by atoms with Crippen LogP contribution in [0.1, 0.15) is 24.2 Å². The van der Waals surface area contributed by atoms with Crippen molar-refractivity contribution < 1.29 is 14.5 Å². The highest BCUT2D eigenvalue weighted by Gasteiger charge is 2.26. The first kappa shape index (κ1) is 21.2. The van der Waals surface area contributed by atoms with E-state index in [4.69, 9.17) is 11.6 Å². The lowest BCUT2D eigenvalue weighted by Crippen LogP contribution is -2.47. The van der Waals surface area contributed by atoms with E-state index >= 15 is 0 Å². The second-order valence-electron chi connectivity index (χ2n) is 7.02. The van der Waals surface area contributed by atoms with Crippen LogP contribution in [0.4, 0.5) is 11.4 Å². The topological polar surface area (TPSA) is 114 Å². The zero-order valence-corrected chi connectivity index (χ0v) is 17.0. The van der Waals surface area contributed by atoms with Crippen molar-refractivity contribution in [3.63, 3.8) is 0 Å². The molecule has 154 valence electrons. The number of nitro groups is 1. The van der Waals surface area contributed by atoms with E-state index in [1.807, 2.05) is 24.3 Å². The summed E-state index contributed by atoms with van der Waals surface area (Å²) in [5.74, 6) is -1.26. The first-order chi connectivity index (χ1) is 14.3. The van der Waals surface area contributed by atoms with Crippen LogP contribution in [0.2, 0.25) is 5.02 Å². The number of para-hydroxylation sites is 1. The number of pyridine rings is 1. The van der Waals surface area contributed by atoms with E-state index in [-0.39, 0.29) is 22.2 Å². The minimum Gasteiger partial charge on any atom is -0.340 e. The largest absolute Gasteiger partial charge is 0.340 e. The molecule has 1 aromatic heterocycles. The van der Waals surface area contributed by atoms with Gasteiger partial charge in [0.1, 0.15) is 11.1 Å². The molecule has 0 saturated carbocycles. The van der Waals surface area contributed by atoms with Gasteiger partial charge in [-0.25, -0.2) is 0 Å². The molecular weight excluding hydrogens is 408 g/mol. The molecule has 2 amide bonds. The van der Waals surface area contributed by atoms with Crippen LogP contribution in [0, 0.1) is 16.0 Å². The lowest BCUT2D eigenvalue weighted by Gasteiger charge is -2.22. The quantitative estimate of drug-likeness (QED) is 0.453. The minimum atomic E-state index is -0.862. The number of nitrogens with zero attached hydrogens (tertiary/aromatic N) is 2. The normalized spacial score (nSPS) is 11.9. The van der Waals surface area contributed by atoms with Crippen molar-refractivity contribution >= 4 is 45.7 Å². The fourth-order valence-electron chi connectivity index (χ4n) is 2.91. The first-order valence-electron chi connectivity index (χ1n) is 9.16. The van der Waals surface area contributed by atoms with Crippen LogP contribution in [0.15, 0.2) is 54.7 Å². The van der Waals surface area contributed by atoms with E-state index in [0.717, 1.165) is 17.0 Å². The summed E-state index contributed by atoms with van der Waals surface area (Å²) in [7, 11) is 0. The maximum absolute atomic E-state index is 12.8. The second-order valence-corrected chi connectivity index (χ2v) is 7.43. The summed E-state index contributed by atoms with van der Waals surface area (Å²) >= 11 is 5.79. The maximum atomic E-state index is 12.8. The summed E-state index contributed by atoms with van der Waals surface area (Å²) < 4.78 is 0. The second kappa shape index (κ2) is 8.87. The van der Waals surface area contributed by atoms with E-state index < -0.39 is 22.8 Å². The van der Waals surface area contributed by atoms with Crippen LogP contribution < -0.4 is 10.6 Å². The lowest BCUT2D eigenvalue weighted by atomic mass is 10.0. The van der Waals surface area contributed by atoms with Gasteiger partial charge in [0.05, 0.1) is 22.3 Å². The molecule has 9 heteroatoms. The number of fused-ring (bicyclic) bond motifs is 1. The third kappa shape index (κ3) is 4.72. The molecule has 3 rings (SSSR count). The minimum absolute atomic E-state index is 0.0388. The van der Waals surface area contributed by atoms with Gasteiger partial charge in [0.2, 0.25) is 5.91 Å². The number of hydrogen-bond donors (Lipinski definition) is 2. The number of benzene rings is 2. The number of rotatable bonds is 6. The highest BCUT2D eigenvalue weighted by molar-refractivity contribution is 6.32. The number of nitrogens with one attached hydrogen (secondary N) is 2. The zero-order chi connectivity index (χ0) is 21.8. The number of carbonyl (C=O) groups is 2. The first-order valence-corrected chi connectivity index (χ1v) is 9.54. The van der Waals surface area contributed by atoms with Gasteiger partial charge in [-0.3, -0.25) is 24.7 Å². The average Bonchev–Trinajstić information content (AvgIpc) is 2.71. The summed E-state index contributed by atoms with van der Waals surface area (Å²) in [6, 6.07) is 12.2. The molecule has 1 unspecified atom stereocenters. The third-order valence-electron chi connectivity index (χ3n) is 4.50. The summed E-state index contributed by atoms with van der Waals surface area (Å²) in [5, 5.41) is 17.3. The van der Waals surface area contributed by atoms with Gasteiger partial charge in [-0.2, -0.15) is 0 Å². The van der Waals surface area contributed by atoms with E-state index in [2.05, 4.69) is 15.6 Å². The number of amides is 2. The van der Waals surface area contributed by atoms with Crippen molar-refractivity contribution in [2.75, 3.05) is 5.32 Å². The predicted molar refractivity (Wildman–Crippen MR) is 115 cm³/mol. The molecule has 0 radical (unpaired) electrons. The molecule has 1 heterocycles. The van der Waals surface area contributed by atoms with Crippen molar-refractivity contribution in [2.45, 2.75) is 19.9 Å². The molecule has 8 nitrogen and oxygen atoms in total. The Bertz CT molecular complexity index is 1130. The van der Waals surface area contributed by atoms with E-state index in [1.54, 1.807) is 26.1 Å². The zero-order valence-electron chi connectivity index (χ0n) is 16.3. The average molecular weight is 427 g/mol. The number of nitro benzene ring substituents is 1. The van der Waals surface area contributed by atoms with Crippen LogP contribution in [-0.4, -0.2) is 27.8 Å². The summed E-state index contributed by atoms with van der Waals surface area (Å²) in [6.07, 6.45) is 1.54. The number of halogens is 1. The third-order valence-corrected chi connectivity index (χ3v) is 4.82. The molecule has 0 aliphatic carbocycles. The molecule has 2 N–H and O–H groups in total. The van der Waals surface area contributed by atoms with E-state index in [9.17, 15) is 19.7 Å². The van der Waals surface area contributed by atoms with Crippen LogP contribution in [0.5, 0.6) is 0 Å². The Hall–Kier alpha value is -3.52. The van der Waals surface area contributed by atoms with Crippen LogP contribution >= 0.6 is 11.6 Å². The Labute approximate surface area is 177 Å². The van der Waals surface area contributed by atoms with Gasteiger partial charge in [-0.1, -0.05) is 43.6 Å². The molecule has 0 aliphatic heterocycles. The van der Waals surface area contributed by atoms with Crippen LogP contribution in [0.25, 0.3) is 10.9 Å². The molecule has 3 aromatic rings. The van der Waals surface area contributed by atoms with Crippen molar-refractivity contribution in [2.24, 2.45) is 5.92 Å². The Morgan fingerprint density at radius 2 is 1.87 bits per heavy atom. The van der Waals surface area contributed by atoms with Gasteiger partial charge in [0.25, 0.3) is 11.6 Å². The molecule has 1 atom stereocenters. The molecule has 2 aromatic carbocycles. The number of carbonyl (C=O) groups excluding carboxylic acids is 2. The van der Waals surface area contributed by atoms with E-state index in [0.29, 0.717) is 5.69 Å². The van der Waals surface area contributed by atoms with Gasteiger partial charge in [0, 0.05) is 17.0 Å². The standard InChI is InChI=1S/C21H19ClN4O4/c1-12(2)19(25-20(27)14-7-8-16(22)18(10-14)26(29)30)21(28)24-15-9-13-5-3-4-6-17(13)23-11-15/h3-12,19H,1-2H3,(H,24,28)(H,25,27). The lowest BCUT2D eigenvalue weighted by molar-refractivity contribution is -0.384. The SMILES string of the molecule is CC(C)C(NC(=O)c1ccc(Cl)c([N+](=O)[O-])c1)C(=O)Nc1cnc2ccccc2c1. The smallest absolute Gasteiger partial charge is 0.288 e. The molecule has 0 saturated heterocycles. The Kier molecular flexibility index (Phi) is 6.27.